The first-order valence-electron chi connectivity index (χ1n) is 39.5. The number of amides is 15. The summed E-state index contributed by atoms with van der Waals surface area (Å²) in [5.74, 6) is -13.2. The first-order chi connectivity index (χ1) is 56.8. The van der Waals surface area contributed by atoms with Gasteiger partial charge in [0, 0.05) is 101 Å². The number of hydrogen-bond donors (Lipinski definition) is 20. The fraction of sp³-hybridized carbons (Fsp3) is 0.519. The number of hydrogen-bond acceptors (Lipinski definition) is 22. The molecule has 15 amide bonds. The number of rotatable bonds is 50. The largest absolute Gasteiger partial charge is 0.506 e. The normalized spacial score (nSPS) is 16.7. The predicted molar refractivity (Wildman–Crippen MR) is 429 cm³/mol. The molecule has 2 heterocycles. The van der Waals surface area contributed by atoms with Crippen LogP contribution >= 0.6 is 0 Å². The van der Waals surface area contributed by atoms with Crippen LogP contribution < -0.4 is 85.9 Å². The number of nitrogens with zero attached hydrogens (tertiary/aromatic N) is 1. The van der Waals surface area contributed by atoms with Gasteiger partial charge < -0.3 is 111 Å². The zero-order valence-electron chi connectivity index (χ0n) is 67.0. The number of carboxylic acid groups (broad SMARTS) is 2. The van der Waals surface area contributed by atoms with Crippen molar-refractivity contribution in [3.8, 4) is 5.75 Å². The van der Waals surface area contributed by atoms with Crippen LogP contribution in [0.15, 0.2) is 84.9 Å². The molecule has 0 aromatic heterocycles. The third-order valence-corrected chi connectivity index (χ3v) is 18.6. The molecule has 650 valence electrons. The topological polar surface area (TPSA) is 617 Å². The van der Waals surface area contributed by atoms with Gasteiger partial charge in [0.15, 0.2) is 5.96 Å². The van der Waals surface area contributed by atoms with Crippen LogP contribution in [0.3, 0.4) is 0 Å². The number of carbonyl (C=O) groups is 17. The minimum atomic E-state index is -1.66. The Kier molecular flexibility index (Phi) is 42.7. The van der Waals surface area contributed by atoms with E-state index in [2.05, 4.69) is 74.4 Å². The summed E-state index contributed by atoms with van der Waals surface area (Å²) >= 11 is 0. The zero-order chi connectivity index (χ0) is 87.3. The maximum absolute atomic E-state index is 14.1. The Bertz CT molecular complexity index is 4020. The predicted octanol–water partition coefficient (Wildman–Crippen LogP) is -2.11. The Hall–Kier alpha value is -12.5. The number of nitrogens with one attached hydrogen (secondary N) is 15. The number of guanidine groups is 1. The minimum Gasteiger partial charge on any atom is -0.506 e. The number of aliphatic carboxylic acids is 2. The van der Waals surface area contributed by atoms with Crippen LogP contribution in [0.25, 0.3) is 0 Å². The van der Waals surface area contributed by atoms with Crippen molar-refractivity contribution >= 4 is 112 Å². The van der Waals surface area contributed by atoms with E-state index in [1.54, 1.807) is 50.2 Å². The molecule has 0 aliphatic carbocycles. The molecule has 0 bridgehead atoms. The van der Waals surface area contributed by atoms with Crippen molar-refractivity contribution in [3.05, 3.63) is 107 Å². The van der Waals surface area contributed by atoms with E-state index in [0.717, 1.165) is 17.1 Å². The van der Waals surface area contributed by atoms with Crippen LogP contribution in [0.5, 0.6) is 5.75 Å². The molecule has 3 aromatic carbocycles. The third-order valence-electron chi connectivity index (χ3n) is 18.6. The van der Waals surface area contributed by atoms with Crippen molar-refractivity contribution in [1.29, 1.82) is 5.41 Å². The maximum Gasteiger partial charge on any atom is 0.305 e. The van der Waals surface area contributed by atoms with Crippen molar-refractivity contribution in [3.63, 3.8) is 0 Å². The van der Waals surface area contributed by atoms with Crippen molar-refractivity contribution in [2.45, 2.75) is 185 Å². The Labute approximate surface area is 687 Å². The molecule has 2 aliphatic heterocycles. The van der Waals surface area contributed by atoms with Crippen LogP contribution in [0, 0.1) is 11.3 Å². The molecular weight excluding hydrogens is 1550 g/mol. The summed E-state index contributed by atoms with van der Waals surface area (Å²) in [5, 5.41) is 73.2. The summed E-state index contributed by atoms with van der Waals surface area (Å²) in [6, 6.07) is 9.11. The van der Waals surface area contributed by atoms with Gasteiger partial charge in [0.1, 0.15) is 48.0 Å². The second-order valence-electron chi connectivity index (χ2n) is 28.7. The van der Waals surface area contributed by atoms with Gasteiger partial charge in [-0.05, 0) is 137 Å². The molecule has 3 aromatic rings. The number of benzene rings is 3. The summed E-state index contributed by atoms with van der Waals surface area (Å²) < 4.78 is 11.1. The van der Waals surface area contributed by atoms with Crippen LogP contribution in [-0.4, -0.2) is 247 Å². The molecule has 22 N–H and O–H groups in total. The van der Waals surface area contributed by atoms with Crippen molar-refractivity contribution in [2.24, 2.45) is 17.4 Å². The smallest absolute Gasteiger partial charge is 0.305 e. The molecule has 40 nitrogen and oxygen atoms in total. The van der Waals surface area contributed by atoms with Crippen LogP contribution in [0.1, 0.15) is 155 Å². The second-order valence-corrected chi connectivity index (χ2v) is 28.7. The molecule has 0 spiro atoms. The van der Waals surface area contributed by atoms with E-state index in [4.69, 9.17) is 31.5 Å². The highest BCUT2D eigenvalue weighted by atomic mass is 16.5. The van der Waals surface area contributed by atoms with Gasteiger partial charge in [0.2, 0.25) is 65.0 Å². The number of anilines is 1. The van der Waals surface area contributed by atoms with Gasteiger partial charge in [-0.2, -0.15) is 0 Å². The van der Waals surface area contributed by atoms with E-state index in [1.807, 2.05) is 0 Å². The van der Waals surface area contributed by atoms with Gasteiger partial charge in [-0.25, -0.2) is 0 Å². The number of phenols is 1. The molecule has 0 saturated carbocycles. The highest BCUT2D eigenvalue weighted by molar-refractivity contribution is 6.13. The minimum absolute atomic E-state index is 0.00584. The fourth-order valence-corrected chi connectivity index (χ4v) is 12.1. The lowest BCUT2D eigenvalue weighted by Crippen LogP contribution is -2.58. The fourth-order valence-electron chi connectivity index (χ4n) is 12.1. The average molecular weight is 1670 g/mol. The summed E-state index contributed by atoms with van der Waals surface area (Å²) in [5.41, 5.74) is 13.2. The van der Waals surface area contributed by atoms with E-state index >= 15 is 0 Å². The third kappa shape index (κ3) is 37.6. The van der Waals surface area contributed by atoms with Gasteiger partial charge in [0.05, 0.1) is 45.1 Å². The van der Waals surface area contributed by atoms with E-state index in [9.17, 15) is 91.7 Å². The number of ether oxygens (including phenoxy) is 2. The molecule has 5 rings (SSSR count). The number of imide groups is 1. The Morgan fingerprint density at radius 1 is 0.538 bits per heavy atom. The van der Waals surface area contributed by atoms with E-state index in [0.29, 0.717) is 30.4 Å². The molecule has 1 fully saturated rings. The SMILES string of the molecule is CC(C)[C@H](NC(=O)[C@H](CCCCNC(=O)CCOCCOCCNC(=O)c1ccc(C(=O)NCCCC(=O)NCCCC[C@@H]2NC(=O)[C@@H](Cc3ccccc3)NC(=O)[C@H](CC(=O)O)NC(=O)CNC(=O)[C@H](CCCNC(=N)N)NC2=O)cc1)NC(=O)CCCN1C(=O)C=CC1=O)C(=O)N[C@@H](C)C(=O)Nc1cc(C[C@H](N)CCC(=O)O)ccc1O. The number of aromatic hydroxyl groups is 1. The summed E-state index contributed by atoms with van der Waals surface area (Å²) in [6.45, 7) is 5.19. The van der Waals surface area contributed by atoms with Crippen molar-refractivity contribution in [1.82, 2.24) is 74.0 Å². The Morgan fingerprint density at radius 2 is 1.11 bits per heavy atom. The molecule has 1 saturated heterocycles. The molecule has 2 aliphatic rings. The first-order valence-corrected chi connectivity index (χ1v) is 39.5. The van der Waals surface area contributed by atoms with Gasteiger partial charge >= 0.3 is 11.9 Å². The number of nitrogens with two attached hydrogens (primary N) is 2. The molecule has 0 unspecified atom stereocenters. The molecule has 0 radical (unpaired) electrons. The van der Waals surface area contributed by atoms with Gasteiger partial charge in [-0.1, -0.05) is 50.2 Å². The van der Waals surface area contributed by atoms with Gasteiger partial charge in [-0.15, -0.1) is 0 Å². The number of carboxylic acids is 2. The summed E-state index contributed by atoms with van der Waals surface area (Å²) in [7, 11) is 0. The molecule has 119 heavy (non-hydrogen) atoms. The van der Waals surface area contributed by atoms with Crippen LogP contribution in [0.2, 0.25) is 0 Å². The molecule has 8 atom stereocenters. The molecular formula is C79H112N18O22. The van der Waals surface area contributed by atoms with Crippen molar-refractivity contribution in [2.75, 3.05) is 77.6 Å². The quantitative estimate of drug-likeness (QED) is 0.00945. The van der Waals surface area contributed by atoms with E-state index < -0.39 is 156 Å². The number of phenolic OH excluding ortho intramolecular Hbond substituents is 1. The van der Waals surface area contributed by atoms with Crippen molar-refractivity contribution < 1.29 is 106 Å². The van der Waals surface area contributed by atoms with Crippen LogP contribution in [0.4, 0.5) is 5.69 Å². The summed E-state index contributed by atoms with van der Waals surface area (Å²) in [4.78, 5) is 222. The average Bonchev–Trinajstić information content (AvgIpc) is 1.64. The van der Waals surface area contributed by atoms with E-state index in [1.165, 1.54) is 43.3 Å². The highest BCUT2D eigenvalue weighted by Crippen LogP contribution is 2.26. The lowest BCUT2D eigenvalue weighted by atomic mass is 10.0. The first kappa shape index (κ1) is 97.1. The standard InChI is InChI=1S/C79H112N18O22/c1-47(2)69(78(117)89-48(3)70(109)94-57-44-50(21-27-60(57)98)42-53(80)26-30-67(105)106)96-75(114)55(90-63(101)20-13-37-97-65(103)28-29-66(97)104)16-7-9-33-84-62(100)31-38-118-40-41-119-39-36-86-72(111)52-24-22-51(23-25-52)71(110)85-34-12-19-61(99)83-32-10-8-17-56-74(113)92-54(18-11-35-87-79(81)82)73(112)88-46-64(102)91-59(45-68(107)108)77(116)95-58(76(115)93-56)43-49-14-5-4-6-15-49/h4-6,14-15,21-25,27-29,44,47-48,53-56,58-59,69,98H,7-13,16-20,26,30-43,45-46,80H2,1-3H3,(H,83,99)(H,84,100)(H,85,110)(H,86,111)(H,88,112)(H,89,117)(H,90,101)(H,91,102)(H,92,113)(H,93,115)(H,94,109)(H,95,116)(H,96,114)(H,105,106)(H,107,108)(H4,81,82,87)/t48-,53+,54-,55-,56-,58+,59-,69-/m0/s1. The van der Waals surface area contributed by atoms with E-state index in [-0.39, 0.29) is 196 Å². The molecule has 40 heteroatoms. The number of carbonyl (C=O) groups excluding carboxylic acids is 15. The highest BCUT2D eigenvalue weighted by Gasteiger charge is 2.35. The second kappa shape index (κ2) is 52.3. The lowest BCUT2D eigenvalue weighted by molar-refractivity contribution is -0.141. The Morgan fingerprint density at radius 3 is 1.75 bits per heavy atom. The number of unbranched alkanes of at least 4 members (excludes halogenated alkanes) is 2. The zero-order valence-corrected chi connectivity index (χ0v) is 67.0. The monoisotopic (exact) mass is 1660 g/mol. The van der Waals surface area contributed by atoms with Gasteiger partial charge in [-0.3, -0.25) is 91.8 Å². The Balaban J connectivity index is 0.976. The summed E-state index contributed by atoms with van der Waals surface area (Å²) in [6.07, 6.45) is 3.31. The maximum atomic E-state index is 14.1. The lowest BCUT2D eigenvalue weighted by Gasteiger charge is -2.26. The van der Waals surface area contributed by atoms with Crippen LogP contribution in [-0.2, 0) is 94.2 Å². The van der Waals surface area contributed by atoms with Gasteiger partial charge in [0.25, 0.3) is 23.6 Å².